The van der Waals surface area contributed by atoms with Gasteiger partial charge in [0.05, 0.1) is 12.7 Å². The summed E-state index contributed by atoms with van der Waals surface area (Å²) in [5.74, 6) is -0.292. The fourth-order valence-corrected chi connectivity index (χ4v) is 3.84. The van der Waals surface area contributed by atoms with E-state index in [1.165, 1.54) is 16.6 Å². The van der Waals surface area contributed by atoms with Crippen LogP contribution in [0.2, 0.25) is 0 Å². The van der Waals surface area contributed by atoms with Gasteiger partial charge in [-0.25, -0.2) is 12.7 Å². The van der Waals surface area contributed by atoms with Crippen molar-refractivity contribution in [1.82, 2.24) is 9.21 Å². The van der Waals surface area contributed by atoms with Crippen LogP contribution < -0.4 is 5.32 Å². The van der Waals surface area contributed by atoms with Gasteiger partial charge in [0.1, 0.15) is 0 Å². The molecule has 1 N–H and O–H groups in total. The number of hydrogen-bond acceptors (Lipinski definition) is 4. The number of likely N-dealkylation sites (N-methyl/N-ethyl adjacent to an activating group) is 1. The summed E-state index contributed by atoms with van der Waals surface area (Å²) < 4.78 is 24.6. The highest BCUT2D eigenvalue weighted by molar-refractivity contribution is 7.88. The van der Waals surface area contributed by atoms with Crippen molar-refractivity contribution in [1.29, 1.82) is 0 Å². The molecule has 26 heavy (non-hydrogen) atoms. The molecule has 0 atom stereocenters. The van der Waals surface area contributed by atoms with E-state index in [2.05, 4.69) is 11.9 Å². The quantitative estimate of drug-likeness (QED) is 0.754. The van der Waals surface area contributed by atoms with E-state index in [9.17, 15) is 18.0 Å². The first kappa shape index (κ1) is 20.1. The van der Waals surface area contributed by atoms with Gasteiger partial charge in [-0.2, -0.15) is 0 Å². The van der Waals surface area contributed by atoms with Crippen molar-refractivity contribution in [3.05, 3.63) is 42.5 Å². The maximum atomic E-state index is 12.5. The monoisotopic (exact) mass is 379 g/mol. The predicted molar refractivity (Wildman–Crippen MR) is 101 cm³/mol. The summed E-state index contributed by atoms with van der Waals surface area (Å²) in [6.45, 7) is 4.28. The SMILES string of the molecule is C=CC(=O)Nc1ccc(CC(=O)N(C)C2CCN(S(C)(=O)=O)CC2)cc1. The number of carbonyl (C=O) groups excluding carboxylic acids is 2. The molecular formula is C18H25N3O4S. The highest BCUT2D eigenvalue weighted by Crippen LogP contribution is 2.19. The van der Waals surface area contributed by atoms with Gasteiger partial charge in [-0.1, -0.05) is 18.7 Å². The van der Waals surface area contributed by atoms with Crippen LogP contribution in [0.3, 0.4) is 0 Å². The molecule has 1 heterocycles. The first-order chi connectivity index (χ1) is 12.2. The smallest absolute Gasteiger partial charge is 0.247 e. The van der Waals surface area contributed by atoms with Crippen LogP contribution in [0, 0.1) is 0 Å². The van der Waals surface area contributed by atoms with E-state index in [4.69, 9.17) is 0 Å². The molecule has 2 amide bonds. The summed E-state index contributed by atoms with van der Waals surface area (Å²) in [4.78, 5) is 25.5. The average molecular weight is 379 g/mol. The van der Waals surface area contributed by atoms with Gasteiger partial charge in [-0.15, -0.1) is 0 Å². The number of anilines is 1. The second-order valence-electron chi connectivity index (χ2n) is 6.46. The Morgan fingerprint density at radius 3 is 2.35 bits per heavy atom. The van der Waals surface area contributed by atoms with Gasteiger partial charge in [0.2, 0.25) is 21.8 Å². The minimum Gasteiger partial charge on any atom is -0.342 e. The van der Waals surface area contributed by atoms with Gasteiger partial charge in [0, 0.05) is 31.9 Å². The van der Waals surface area contributed by atoms with Crippen molar-refractivity contribution in [2.45, 2.75) is 25.3 Å². The van der Waals surface area contributed by atoms with Crippen LogP contribution in [-0.4, -0.2) is 61.9 Å². The molecule has 0 aromatic heterocycles. The molecule has 1 fully saturated rings. The second kappa shape index (κ2) is 8.46. The zero-order chi connectivity index (χ0) is 19.3. The molecule has 7 nitrogen and oxygen atoms in total. The minimum atomic E-state index is -3.16. The Morgan fingerprint density at radius 2 is 1.85 bits per heavy atom. The van der Waals surface area contributed by atoms with Crippen LogP contribution in [0.25, 0.3) is 0 Å². The predicted octanol–water partition coefficient (Wildman–Crippen LogP) is 1.24. The van der Waals surface area contributed by atoms with E-state index in [0.717, 1.165) is 5.56 Å². The maximum absolute atomic E-state index is 12.5. The molecule has 0 unspecified atom stereocenters. The summed E-state index contributed by atoms with van der Waals surface area (Å²) in [6.07, 6.45) is 3.95. The van der Waals surface area contributed by atoms with Crippen LogP contribution in [0.5, 0.6) is 0 Å². The van der Waals surface area contributed by atoms with Gasteiger partial charge in [-0.05, 0) is 36.6 Å². The van der Waals surface area contributed by atoms with Crippen molar-refractivity contribution >= 4 is 27.5 Å². The van der Waals surface area contributed by atoms with Crippen molar-refractivity contribution in [2.24, 2.45) is 0 Å². The summed E-state index contributed by atoms with van der Waals surface area (Å²) >= 11 is 0. The van der Waals surface area contributed by atoms with Crippen LogP contribution in [0.15, 0.2) is 36.9 Å². The highest BCUT2D eigenvalue weighted by atomic mass is 32.2. The molecule has 0 bridgehead atoms. The number of nitrogens with zero attached hydrogens (tertiary/aromatic N) is 2. The highest BCUT2D eigenvalue weighted by Gasteiger charge is 2.28. The number of piperidine rings is 1. The van der Waals surface area contributed by atoms with E-state index in [1.54, 1.807) is 36.2 Å². The van der Waals surface area contributed by atoms with Crippen LogP contribution in [-0.2, 0) is 26.0 Å². The molecular weight excluding hydrogens is 354 g/mol. The topological polar surface area (TPSA) is 86.8 Å². The average Bonchev–Trinajstić information content (AvgIpc) is 2.62. The number of carbonyl (C=O) groups is 2. The Bertz CT molecular complexity index is 766. The number of amides is 2. The normalized spacial score (nSPS) is 16.1. The molecule has 1 aromatic rings. The number of rotatable bonds is 6. The minimum absolute atomic E-state index is 0.00863. The Balaban J connectivity index is 1.89. The van der Waals surface area contributed by atoms with E-state index < -0.39 is 10.0 Å². The zero-order valence-corrected chi connectivity index (χ0v) is 16.0. The van der Waals surface area contributed by atoms with Gasteiger partial charge >= 0.3 is 0 Å². The Hall–Kier alpha value is -2.19. The lowest BCUT2D eigenvalue weighted by atomic mass is 10.0. The molecule has 0 saturated carbocycles. The third kappa shape index (κ3) is 5.40. The third-order valence-corrected chi connectivity index (χ3v) is 5.90. The molecule has 142 valence electrons. The molecule has 0 aliphatic carbocycles. The molecule has 0 spiro atoms. The van der Waals surface area contributed by atoms with E-state index in [1.807, 2.05) is 0 Å². The lowest BCUT2D eigenvalue weighted by molar-refractivity contribution is -0.131. The van der Waals surface area contributed by atoms with Crippen LogP contribution in [0.4, 0.5) is 5.69 Å². The van der Waals surface area contributed by atoms with Crippen molar-refractivity contribution in [3.63, 3.8) is 0 Å². The molecule has 1 aliphatic heterocycles. The summed E-state index contributed by atoms with van der Waals surface area (Å²) in [5.41, 5.74) is 1.50. The molecule has 1 saturated heterocycles. The van der Waals surface area contributed by atoms with Crippen molar-refractivity contribution in [2.75, 3.05) is 31.7 Å². The number of nitrogens with one attached hydrogen (secondary N) is 1. The first-order valence-corrected chi connectivity index (χ1v) is 10.3. The fraction of sp³-hybridized carbons (Fsp3) is 0.444. The largest absolute Gasteiger partial charge is 0.342 e. The standard InChI is InChI=1S/C18H25N3O4S/c1-4-17(22)19-15-7-5-14(6-8-15)13-18(23)20(2)16-9-11-21(12-10-16)26(3,24)25/h4-8,16H,1,9-13H2,2-3H3,(H,19,22). The van der Waals surface area contributed by atoms with Crippen LogP contribution >= 0.6 is 0 Å². The summed E-state index contributed by atoms with van der Waals surface area (Å²) in [5, 5.41) is 2.66. The lowest BCUT2D eigenvalue weighted by Crippen LogP contribution is -2.47. The Morgan fingerprint density at radius 1 is 1.27 bits per heavy atom. The third-order valence-electron chi connectivity index (χ3n) is 4.60. The zero-order valence-electron chi connectivity index (χ0n) is 15.1. The van der Waals surface area contributed by atoms with E-state index in [-0.39, 0.29) is 24.3 Å². The number of sulfonamides is 1. The lowest BCUT2D eigenvalue weighted by Gasteiger charge is -2.35. The van der Waals surface area contributed by atoms with Gasteiger partial charge < -0.3 is 10.2 Å². The first-order valence-electron chi connectivity index (χ1n) is 8.44. The molecule has 0 radical (unpaired) electrons. The van der Waals surface area contributed by atoms with Gasteiger partial charge in [0.15, 0.2) is 0 Å². The summed E-state index contributed by atoms with van der Waals surface area (Å²) in [6, 6.07) is 7.14. The van der Waals surface area contributed by atoms with Gasteiger partial charge in [-0.3, -0.25) is 9.59 Å². The van der Waals surface area contributed by atoms with Crippen LogP contribution in [0.1, 0.15) is 18.4 Å². The van der Waals surface area contributed by atoms with E-state index in [0.29, 0.717) is 31.6 Å². The van der Waals surface area contributed by atoms with Crippen molar-refractivity contribution < 1.29 is 18.0 Å². The molecule has 1 aliphatic rings. The second-order valence-corrected chi connectivity index (χ2v) is 8.45. The maximum Gasteiger partial charge on any atom is 0.247 e. The van der Waals surface area contributed by atoms with Gasteiger partial charge in [0.25, 0.3) is 0 Å². The molecule has 1 aromatic carbocycles. The Labute approximate surface area is 154 Å². The number of benzene rings is 1. The van der Waals surface area contributed by atoms with Crippen molar-refractivity contribution in [3.8, 4) is 0 Å². The molecule has 2 rings (SSSR count). The Kier molecular flexibility index (Phi) is 6.55. The summed E-state index contributed by atoms with van der Waals surface area (Å²) in [7, 11) is -1.40. The van der Waals surface area contributed by atoms with E-state index >= 15 is 0 Å². The fourth-order valence-electron chi connectivity index (χ4n) is 2.96. The molecule has 8 heteroatoms. The number of hydrogen-bond donors (Lipinski definition) is 1.